The number of aromatic amines is 1. The Morgan fingerprint density at radius 2 is 1.44 bits per heavy atom. The summed E-state index contributed by atoms with van der Waals surface area (Å²) in [5.41, 5.74) is 1.31. The van der Waals surface area contributed by atoms with E-state index >= 15 is 0 Å². The van der Waals surface area contributed by atoms with Crippen molar-refractivity contribution in [3.8, 4) is 0 Å². The van der Waals surface area contributed by atoms with Gasteiger partial charge in [0.1, 0.15) is 6.04 Å². The lowest BCUT2D eigenvalue weighted by molar-refractivity contribution is -0.145. The number of methoxy groups -OCH3 is 2. The molecule has 0 unspecified atom stereocenters. The minimum Gasteiger partial charge on any atom is -0.468 e. The quantitative estimate of drug-likeness (QED) is 0.158. The number of aromatic nitrogens is 1. The Hall–Kier alpha value is -4.30. The molecule has 0 aliphatic carbocycles. The number of fused-ring (bicyclic) bond motifs is 3. The van der Waals surface area contributed by atoms with Crippen LogP contribution >= 0.6 is 0 Å². The smallest absolute Gasteiger partial charge is 0.337 e. The normalized spacial score (nSPS) is 17.3. The van der Waals surface area contributed by atoms with Gasteiger partial charge in [-0.3, -0.25) is 4.79 Å². The summed E-state index contributed by atoms with van der Waals surface area (Å²) in [5, 5.41) is 0.598. The number of para-hydroxylation sites is 1. The highest BCUT2D eigenvalue weighted by Crippen LogP contribution is 2.45. The predicted octanol–water partition coefficient (Wildman–Crippen LogP) is 4.53. The number of ether oxygens (including phenoxy) is 2. The summed E-state index contributed by atoms with van der Waals surface area (Å²) < 4.78 is 110. The number of nitrogens with zero attached hydrogens (tertiary/aromatic N) is 1. The van der Waals surface area contributed by atoms with Crippen molar-refractivity contribution >= 4 is 32.9 Å². The van der Waals surface area contributed by atoms with Gasteiger partial charge in [-0.05, 0) is 29.3 Å². The number of hydrogen-bond acceptors (Lipinski definition) is 6. The monoisotopic (exact) mass is 594 g/mol. The van der Waals surface area contributed by atoms with Crippen molar-refractivity contribution in [2.24, 2.45) is 0 Å². The second kappa shape index (κ2) is 10.3. The number of sulfonamides is 1. The van der Waals surface area contributed by atoms with E-state index in [1.807, 2.05) is 0 Å². The molecule has 2 atom stereocenters. The third-order valence-corrected chi connectivity index (χ3v) is 8.80. The fourth-order valence-electron chi connectivity index (χ4n) is 5.04. The van der Waals surface area contributed by atoms with Gasteiger partial charge in [0.2, 0.25) is 5.82 Å². The van der Waals surface area contributed by atoms with Crippen LogP contribution in [0.4, 0.5) is 22.0 Å². The fourth-order valence-corrected chi connectivity index (χ4v) is 6.89. The topological polar surface area (TPSA) is 106 Å². The van der Waals surface area contributed by atoms with E-state index in [0.29, 0.717) is 20.8 Å². The van der Waals surface area contributed by atoms with Crippen LogP contribution in [0.3, 0.4) is 0 Å². The lowest BCUT2D eigenvalue weighted by Gasteiger charge is -2.39. The van der Waals surface area contributed by atoms with Gasteiger partial charge in [-0.15, -0.1) is 0 Å². The fraction of sp³-hybridized carbons (Fsp3) is 0.185. The first-order chi connectivity index (χ1) is 19.4. The van der Waals surface area contributed by atoms with E-state index in [1.54, 1.807) is 24.3 Å². The molecule has 214 valence electrons. The first kappa shape index (κ1) is 28.2. The van der Waals surface area contributed by atoms with Gasteiger partial charge in [0.25, 0.3) is 10.0 Å². The molecule has 1 aliphatic heterocycles. The van der Waals surface area contributed by atoms with Crippen LogP contribution in [-0.4, -0.2) is 49.9 Å². The molecule has 3 aromatic carbocycles. The summed E-state index contributed by atoms with van der Waals surface area (Å²) in [6.07, 6.45) is -0.364. The molecule has 5 rings (SSSR count). The number of hydrogen-bond donors (Lipinski definition) is 1. The molecule has 0 saturated heterocycles. The van der Waals surface area contributed by atoms with Crippen molar-refractivity contribution in [3.05, 3.63) is 100 Å². The van der Waals surface area contributed by atoms with Crippen LogP contribution in [-0.2, 0) is 30.7 Å². The van der Waals surface area contributed by atoms with Crippen molar-refractivity contribution in [1.82, 2.24) is 9.29 Å². The van der Waals surface area contributed by atoms with Crippen molar-refractivity contribution in [1.29, 1.82) is 0 Å². The van der Waals surface area contributed by atoms with Crippen molar-refractivity contribution in [3.63, 3.8) is 0 Å². The van der Waals surface area contributed by atoms with Gasteiger partial charge in [0.15, 0.2) is 28.2 Å². The van der Waals surface area contributed by atoms with E-state index in [9.17, 15) is 40.0 Å². The molecule has 41 heavy (non-hydrogen) atoms. The summed E-state index contributed by atoms with van der Waals surface area (Å²) in [7, 11) is -3.57. The Bertz CT molecular complexity index is 1800. The van der Waals surface area contributed by atoms with E-state index in [0.717, 1.165) is 14.2 Å². The third kappa shape index (κ3) is 4.34. The van der Waals surface area contributed by atoms with Gasteiger partial charge in [-0.2, -0.15) is 4.31 Å². The van der Waals surface area contributed by atoms with Crippen molar-refractivity contribution in [2.45, 2.75) is 23.4 Å². The maximum atomic E-state index is 14.9. The van der Waals surface area contributed by atoms with Crippen molar-refractivity contribution in [2.75, 3.05) is 14.2 Å². The van der Waals surface area contributed by atoms with Crippen LogP contribution in [0.1, 0.15) is 33.2 Å². The van der Waals surface area contributed by atoms with Gasteiger partial charge in [0, 0.05) is 23.0 Å². The average Bonchev–Trinajstić information content (AvgIpc) is 3.35. The van der Waals surface area contributed by atoms with Gasteiger partial charge >= 0.3 is 11.9 Å². The lowest BCUT2D eigenvalue weighted by atomic mass is 9.90. The number of carbonyl (C=O) groups excluding carboxylic acids is 2. The van der Waals surface area contributed by atoms with Crippen LogP contribution in [0.5, 0.6) is 0 Å². The first-order valence-corrected chi connectivity index (χ1v) is 13.3. The van der Waals surface area contributed by atoms with E-state index in [1.165, 1.54) is 24.3 Å². The molecule has 0 bridgehead atoms. The number of carbonyl (C=O) groups is 2. The number of rotatable bonds is 5. The van der Waals surface area contributed by atoms with Crippen LogP contribution < -0.4 is 0 Å². The van der Waals surface area contributed by atoms with E-state index in [2.05, 4.69) is 9.72 Å². The van der Waals surface area contributed by atoms with E-state index in [4.69, 9.17) is 4.74 Å². The maximum absolute atomic E-state index is 14.9. The number of nitrogens with one attached hydrogen (secondary N) is 1. The largest absolute Gasteiger partial charge is 0.468 e. The summed E-state index contributed by atoms with van der Waals surface area (Å²) in [6, 6.07) is 8.58. The second-order valence-electron chi connectivity index (χ2n) is 9.06. The summed E-state index contributed by atoms with van der Waals surface area (Å²) >= 11 is 0. The lowest BCUT2D eigenvalue weighted by Crippen LogP contribution is -2.52. The minimum absolute atomic E-state index is 0.0719. The maximum Gasteiger partial charge on any atom is 0.337 e. The first-order valence-electron chi connectivity index (χ1n) is 11.8. The molecule has 14 heteroatoms. The van der Waals surface area contributed by atoms with Crippen LogP contribution in [0.15, 0.2) is 53.4 Å². The molecule has 0 amide bonds. The summed E-state index contributed by atoms with van der Waals surface area (Å²) in [4.78, 5) is 26.0. The Balaban J connectivity index is 1.84. The number of H-pyrrole nitrogens is 1. The number of benzene rings is 3. The molecular formula is C27H19F5N2O6S. The number of halogens is 5. The molecule has 1 aromatic heterocycles. The second-order valence-corrected chi connectivity index (χ2v) is 10.8. The molecule has 1 N–H and O–H groups in total. The van der Waals surface area contributed by atoms with Crippen LogP contribution in [0, 0.1) is 29.1 Å². The van der Waals surface area contributed by atoms with Crippen LogP contribution in [0.25, 0.3) is 10.9 Å². The van der Waals surface area contributed by atoms with Gasteiger partial charge < -0.3 is 14.5 Å². The molecule has 0 radical (unpaired) electrons. The molecule has 2 heterocycles. The van der Waals surface area contributed by atoms with E-state index in [-0.39, 0.29) is 23.2 Å². The van der Waals surface area contributed by atoms with Crippen LogP contribution in [0.2, 0.25) is 0 Å². The zero-order valence-electron chi connectivity index (χ0n) is 21.2. The Kier molecular flexibility index (Phi) is 7.07. The Labute approximate surface area is 229 Å². The average molecular weight is 595 g/mol. The molecule has 0 spiro atoms. The SMILES string of the molecule is COC(=O)c1ccc([C@H]2c3[nH]c4ccccc4c3C[C@H](C(=O)OC)N2S(=O)(=O)c2c(F)c(F)c(F)c(F)c2F)cc1. The van der Waals surface area contributed by atoms with Gasteiger partial charge in [-0.1, -0.05) is 30.3 Å². The summed E-state index contributed by atoms with van der Waals surface area (Å²) in [5.74, 6) is -14.5. The van der Waals surface area contributed by atoms with Gasteiger partial charge in [0.05, 0.1) is 25.8 Å². The third-order valence-electron chi connectivity index (χ3n) is 6.91. The Morgan fingerprint density at radius 1 is 0.854 bits per heavy atom. The highest BCUT2D eigenvalue weighted by molar-refractivity contribution is 7.89. The predicted molar refractivity (Wildman–Crippen MR) is 133 cm³/mol. The highest BCUT2D eigenvalue weighted by Gasteiger charge is 2.50. The molecule has 0 fully saturated rings. The minimum atomic E-state index is -5.67. The van der Waals surface area contributed by atoms with Gasteiger partial charge in [-0.25, -0.2) is 35.2 Å². The molecule has 8 nitrogen and oxygen atoms in total. The molecular weight excluding hydrogens is 575 g/mol. The van der Waals surface area contributed by atoms with E-state index < -0.39 is 68.0 Å². The Morgan fingerprint density at radius 3 is 2.02 bits per heavy atom. The summed E-state index contributed by atoms with van der Waals surface area (Å²) in [6.45, 7) is 0. The zero-order chi connectivity index (χ0) is 29.8. The highest BCUT2D eigenvalue weighted by atomic mass is 32.2. The molecule has 1 aliphatic rings. The number of esters is 2. The standard InChI is InChI=1S/C27H19F5N2O6S/c1-39-26(35)13-9-7-12(8-10-13)24-23-15(14-5-3-4-6-16(14)33-23)11-17(27(36)40-2)34(24)41(37,38)25-21(31)19(29)18(28)20(30)22(25)32/h3-10,17,24,33H,11H2,1-2H3/t17-,24+/m1/s1. The molecule has 0 saturated carbocycles. The van der Waals surface area contributed by atoms with Crippen molar-refractivity contribution < 1.29 is 49.4 Å². The molecule has 4 aromatic rings. The zero-order valence-corrected chi connectivity index (χ0v) is 22.0.